The van der Waals surface area contributed by atoms with Crippen LogP contribution >= 0.6 is 0 Å². The summed E-state index contributed by atoms with van der Waals surface area (Å²) in [6.07, 6.45) is 0. The average Bonchev–Trinajstić information content (AvgIpc) is 2.89. The van der Waals surface area contributed by atoms with Crippen LogP contribution < -0.4 is 5.76 Å². The highest BCUT2D eigenvalue weighted by atomic mass is 19.1. The number of benzene rings is 2. The molecular weight excluding hydrogens is 285 g/mol. The quantitative estimate of drug-likeness (QED) is 0.744. The first-order chi connectivity index (χ1) is 10.7. The van der Waals surface area contributed by atoms with Crippen molar-refractivity contribution >= 4 is 0 Å². The highest BCUT2D eigenvalue weighted by Gasteiger charge is 2.12. The van der Waals surface area contributed by atoms with Crippen molar-refractivity contribution in [2.45, 2.75) is 6.54 Å². The van der Waals surface area contributed by atoms with Gasteiger partial charge in [0, 0.05) is 5.56 Å². The molecule has 0 saturated carbocycles. The molecule has 0 atom stereocenters. The van der Waals surface area contributed by atoms with Gasteiger partial charge in [0.1, 0.15) is 5.82 Å². The number of rotatable bonds is 3. The highest BCUT2D eigenvalue weighted by Crippen LogP contribution is 2.16. The van der Waals surface area contributed by atoms with Crippen LogP contribution in [0.2, 0.25) is 0 Å². The Morgan fingerprint density at radius 2 is 1.91 bits per heavy atom. The molecule has 0 amide bonds. The van der Waals surface area contributed by atoms with Gasteiger partial charge in [0.2, 0.25) is 5.89 Å². The molecule has 22 heavy (non-hydrogen) atoms. The maximum atomic E-state index is 12.9. The molecule has 0 unspecified atom stereocenters. The molecule has 0 aliphatic heterocycles. The van der Waals surface area contributed by atoms with Gasteiger partial charge in [-0.3, -0.25) is 0 Å². The lowest BCUT2D eigenvalue weighted by Gasteiger charge is -2.01. The summed E-state index contributed by atoms with van der Waals surface area (Å²) in [5.74, 6) is -0.903. The number of nitrogens with zero attached hydrogens (tertiary/aromatic N) is 3. The molecule has 2 aromatic carbocycles. The zero-order valence-corrected chi connectivity index (χ0v) is 11.4. The summed E-state index contributed by atoms with van der Waals surface area (Å²) in [5.41, 5.74) is 1.65. The van der Waals surface area contributed by atoms with Crippen LogP contribution in [0.1, 0.15) is 11.1 Å². The Morgan fingerprint density at radius 3 is 2.64 bits per heavy atom. The van der Waals surface area contributed by atoms with E-state index < -0.39 is 5.76 Å². The van der Waals surface area contributed by atoms with Gasteiger partial charge in [-0.05, 0) is 35.9 Å². The van der Waals surface area contributed by atoms with Crippen molar-refractivity contribution in [2.75, 3.05) is 0 Å². The summed E-state index contributed by atoms with van der Waals surface area (Å²) >= 11 is 0. The van der Waals surface area contributed by atoms with E-state index in [1.54, 1.807) is 24.3 Å². The lowest BCUT2D eigenvalue weighted by atomic mass is 10.1. The first kappa shape index (κ1) is 13.8. The fourth-order valence-electron chi connectivity index (χ4n) is 2.04. The van der Waals surface area contributed by atoms with Gasteiger partial charge in [0.25, 0.3) is 0 Å². The van der Waals surface area contributed by atoms with E-state index in [0.29, 0.717) is 16.7 Å². The van der Waals surface area contributed by atoms with Crippen LogP contribution in [0.4, 0.5) is 4.39 Å². The summed E-state index contributed by atoms with van der Waals surface area (Å²) in [6.45, 7) is 0.132. The Labute approximate surface area is 124 Å². The maximum Gasteiger partial charge on any atom is 0.437 e. The van der Waals surface area contributed by atoms with E-state index in [4.69, 9.17) is 9.68 Å². The minimum absolute atomic E-state index is 0.111. The summed E-state index contributed by atoms with van der Waals surface area (Å²) in [6, 6.07) is 14.5. The van der Waals surface area contributed by atoms with E-state index >= 15 is 0 Å². The minimum atomic E-state index is -0.632. The third-order valence-corrected chi connectivity index (χ3v) is 3.16. The van der Waals surface area contributed by atoms with Gasteiger partial charge in [-0.1, -0.05) is 18.2 Å². The van der Waals surface area contributed by atoms with Crippen LogP contribution in [0.25, 0.3) is 11.5 Å². The molecular formula is C16H10FN3O2. The van der Waals surface area contributed by atoms with Crippen LogP contribution in [0.5, 0.6) is 0 Å². The summed E-state index contributed by atoms with van der Waals surface area (Å²) in [5, 5.41) is 13.1. The Bertz CT molecular complexity index is 904. The number of hydrogen-bond donors (Lipinski definition) is 0. The van der Waals surface area contributed by atoms with Gasteiger partial charge in [-0.2, -0.15) is 9.94 Å². The number of hydrogen-bond acceptors (Lipinski definition) is 4. The third kappa shape index (κ3) is 2.65. The summed E-state index contributed by atoms with van der Waals surface area (Å²) in [4.78, 5) is 11.9. The molecule has 0 fully saturated rings. The van der Waals surface area contributed by atoms with Crippen molar-refractivity contribution in [1.29, 1.82) is 5.26 Å². The van der Waals surface area contributed by atoms with Gasteiger partial charge in [-0.15, -0.1) is 5.10 Å². The molecule has 0 aliphatic carbocycles. The molecule has 3 aromatic rings. The largest absolute Gasteiger partial charge is 0.437 e. The number of nitriles is 1. The predicted molar refractivity (Wildman–Crippen MR) is 76.4 cm³/mol. The molecule has 3 rings (SSSR count). The lowest BCUT2D eigenvalue weighted by Crippen LogP contribution is -2.17. The standard InChI is InChI=1S/C16H10FN3O2/c17-14-7-5-11(6-8-14)15-19-20(16(21)22-15)10-13-4-2-1-3-12(13)9-18/h1-8H,10H2. The average molecular weight is 295 g/mol. The molecule has 0 N–H and O–H groups in total. The van der Waals surface area contributed by atoms with Gasteiger partial charge in [0.15, 0.2) is 0 Å². The van der Waals surface area contributed by atoms with Crippen LogP contribution in [-0.2, 0) is 6.54 Å². The van der Waals surface area contributed by atoms with E-state index in [9.17, 15) is 9.18 Å². The van der Waals surface area contributed by atoms with Gasteiger partial charge in [0.05, 0.1) is 18.2 Å². The molecule has 0 bridgehead atoms. The molecule has 0 spiro atoms. The van der Waals surface area contributed by atoms with Crippen molar-refractivity contribution in [1.82, 2.24) is 9.78 Å². The van der Waals surface area contributed by atoms with E-state index in [1.165, 1.54) is 24.3 Å². The predicted octanol–water partition coefficient (Wildman–Crippen LogP) is 2.56. The lowest BCUT2D eigenvalue weighted by molar-refractivity contribution is 0.495. The van der Waals surface area contributed by atoms with E-state index in [-0.39, 0.29) is 18.3 Å². The zero-order valence-electron chi connectivity index (χ0n) is 11.4. The topological polar surface area (TPSA) is 71.8 Å². The van der Waals surface area contributed by atoms with E-state index in [2.05, 4.69) is 11.2 Å². The Morgan fingerprint density at radius 1 is 1.18 bits per heavy atom. The highest BCUT2D eigenvalue weighted by molar-refractivity contribution is 5.51. The van der Waals surface area contributed by atoms with Crippen molar-refractivity contribution in [3.63, 3.8) is 0 Å². The van der Waals surface area contributed by atoms with Crippen molar-refractivity contribution in [2.24, 2.45) is 0 Å². The Kier molecular flexibility index (Phi) is 3.54. The minimum Gasteiger partial charge on any atom is -0.388 e. The first-order valence-electron chi connectivity index (χ1n) is 6.49. The van der Waals surface area contributed by atoms with Crippen LogP contribution in [0.3, 0.4) is 0 Å². The molecule has 0 saturated heterocycles. The van der Waals surface area contributed by atoms with Gasteiger partial charge < -0.3 is 4.42 Å². The number of aromatic nitrogens is 2. The third-order valence-electron chi connectivity index (χ3n) is 3.16. The molecule has 5 nitrogen and oxygen atoms in total. The fraction of sp³-hybridized carbons (Fsp3) is 0.0625. The molecule has 0 aliphatic rings. The smallest absolute Gasteiger partial charge is 0.388 e. The van der Waals surface area contributed by atoms with E-state index in [1.807, 2.05) is 0 Å². The van der Waals surface area contributed by atoms with Crippen molar-refractivity contribution in [3.05, 3.63) is 76.0 Å². The Balaban J connectivity index is 1.95. The van der Waals surface area contributed by atoms with Gasteiger partial charge >= 0.3 is 5.76 Å². The van der Waals surface area contributed by atoms with Gasteiger partial charge in [-0.25, -0.2) is 9.18 Å². The second kappa shape index (κ2) is 5.66. The summed E-state index contributed by atoms with van der Waals surface area (Å²) in [7, 11) is 0. The zero-order chi connectivity index (χ0) is 15.5. The monoisotopic (exact) mass is 295 g/mol. The van der Waals surface area contributed by atoms with Crippen molar-refractivity contribution in [3.8, 4) is 17.5 Å². The number of halogens is 1. The normalized spacial score (nSPS) is 10.4. The second-order valence-corrected chi connectivity index (χ2v) is 4.61. The maximum absolute atomic E-state index is 12.9. The van der Waals surface area contributed by atoms with Crippen LogP contribution in [0.15, 0.2) is 57.7 Å². The molecule has 0 radical (unpaired) electrons. The molecule has 1 heterocycles. The summed E-state index contributed by atoms with van der Waals surface area (Å²) < 4.78 is 19.1. The molecule has 6 heteroatoms. The van der Waals surface area contributed by atoms with Crippen molar-refractivity contribution < 1.29 is 8.81 Å². The second-order valence-electron chi connectivity index (χ2n) is 4.61. The SMILES string of the molecule is N#Cc1ccccc1Cn1nc(-c2ccc(F)cc2)oc1=O. The van der Waals surface area contributed by atoms with Crippen LogP contribution in [0, 0.1) is 17.1 Å². The molecule has 108 valence electrons. The molecule has 1 aromatic heterocycles. The Hall–Kier alpha value is -3.20. The van der Waals surface area contributed by atoms with Crippen LogP contribution in [-0.4, -0.2) is 9.78 Å². The first-order valence-corrected chi connectivity index (χ1v) is 6.49. The van der Waals surface area contributed by atoms with E-state index in [0.717, 1.165) is 4.68 Å². The fourth-order valence-corrected chi connectivity index (χ4v) is 2.04.